The van der Waals surface area contributed by atoms with Gasteiger partial charge in [0.1, 0.15) is 0 Å². The molecule has 2 N–H and O–H groups in total. The smallest absolute Gasteiger partial charge is 0.262 e. The molecule has 0 atom stereocenters. The van der Waals surface area contributed by atoms with Crippen LogP contribution < -0.4 is 10.8 Å². The molecule has 0 spiro atoms. The van der Waals surface area contributed by atoms with E-state index in [9.17, 15) is 9.59 Å². The number of carbonyl (C=O) groups is 2. The molecule has 0 bridgehead atoms. The van der Waals surface area contributed by atoms with E-state index in [0.717, 1.165) is 0 Å². The standard InChI is InChI=1S/C12H15ClN2O4/c1-18-5-6-19-15-11(16)8-14-12(17)9-3-2-4-10(13)7-9/h2-4,7H,5-6,8H2,1H3,(H,14,17)(H,15,16). The molecule has 0 aliphatic heterocycles. The van der Waals surface area contributed by atoms with Gasteiger partial charge in [0.2, 0.25) is 0 Å². The Morgan fingerprint density at radius 1 is 1.32 bits per heavy atom. The van der Waals surface area contributed by atoms with Crippen LogP contribution in [0.2, 0.25) is 5.02 Å². The minimum atomic E-state index is -0.452. The number of hydrogen-bond donors (Lipinski definition) is 2. The molecular formula is C12H15ClN2O4. The Morgan fingerprint density at radius 3 is 2.79 bits per heavy atom. The van der Waals surface area contributed by atoms with Gasteiger partial charge in [-0.2, -0.15) is 0 Å². The van der Waals surface area contributed by atoms with E-state index in [-0.39, 0.29) is 19.1 Å². The van der Waals surface area contributed by atoms with Crippen LogP contribution in [0.15, 0.2) is 24.3 Å². The highest BCUT2D eigenvalue weighted by Crippen LogP contribution is 2.10. The first kappa shape index (κ1) is 15.4. The van der Waals surface area contributed by atoms with Gasteiger partial charge in [-0.25, -0.2) is 5.48 Å². The van der Waals surface area contributed by atoms with Crippen LogP contribution in [0, 0.1) is 0 Å². The van der Waals surface area contributed by atoms with Gasteiger partial charge in [0.25, 0.3) is 11.8 Å². The van der Waals surface area contributed by atoms with E-state index in [1.54, 1.807) is 18.2 Å². The maximum Gasteiger partial charge on any atom is 0.262 e. The first-order valence-electron chi connectivity index (χ1n) is 5.57. The third kappa shape index (κ3) is 6.19. The summed E-state index contributed by atoms with van der Waals surface area (Å²) in [7, 11) is 1.52. The van der Waals surface area contributed by atoms with Crippen LogP contribution in [-0.4, -0.2) is 38.7 Å². The second kappa shape index (κ2) is 8.47. The van der Waals surface area contributed by atoms with Gasteiger partial charge in [-0.05, 0) is 18.2 Å². The SMILES string of the molecule is COCCONC(=O)CNC(=O)c1cccc(Cl)c1. The Bertz CT molecular complexity index is 439. The maximum atomic E-state index is 11.7. The third-order valence-corrected chi connectivity index (χ3v) is 2.31. The van der Waals surface area contributed by atoms with Crippen LogP contribution in [0.25, 0.3) is 0 Å². The maximum absolute atomic E-state index is 11.7. The monoisotopic (exact) mass is 286 g/mol. The summed E-state index contributed by atoms with van der Waals surface area (Å²) in [6.07, 6.45) is 0. The second-order valence-electron chi connectivity index (χ2n) is 3.56. The third-order valence-electron chi connectivity index (χ3n) is 2.07. The van der Waals surface area contributed by atoms with Crippen LogP contribution in [0.4, 0.5) is 0 Å². The van der Waals surface area contributed by atoms with Crippen molar-refractivity contribution in [1.82, 2.24) is 10.8 Å². The second-order valence-corrected chi connectivity index (χ2v) is 4.00. The quantitative estimate of drug-likeness (QED) is 0.573. The zero-order chi connectivity index (χ0) is 14.1. The first-order valence-corrected chi connectivity index (χ1v) is 5.94. The fourth-order valence-electron chi connectivity index (χ4n) is 1.18. The lowest BCUT2D eigenvalue weighted by Gasteiger charge is -2.07. The molecule has 0 aromatic heterocycles. The Hall–Kier alpha value is -1.63. The Morgan fingerprint density at radius 2 is 2.11 bits per heavy atom. The zero-order valence-corrected chi connectivity index (χ0v) is 11.2. The number of rotatable bonds is 7. The lowest BCUT2D eigenvalue weighted by atomic mass is 10.2. The van der Waals surface area contributed by atoms with Gasteiger partial charge in [-0.3, -0.25) is 14.4 Å². The van der Waals surface area contributed by atoms with Gasteiger partial charge in [0, 0.05) is 17.7 Å². The number of halogens is 1. The average Bonchev–Trinajstić information content (AvgIpc) is 2.41. The molecule has 0 unspecified atom stereocenters. The average molecular weight is 287 g/mol. The highest BCUT2D eigenvalue weighted by atomic mass is 35.5. The number of benzene rings is 1. The van der Waals surface area contributed by atoms with Crippen LogP contribution in [0.3, 0.4) is 0 Å². The largest absolute Gasteiger partial charge is 0.382 e. The summed E-state index contributed by atoms with van der Waals surface area (Å²) in [5, 5.41) is 2.90. The minimum absolute atomic E-state index is 0.182. The number of carbonyl (C=O) groups excluding carboxylic acids is 2. The summed E-state index contributed by atoms with van der Waals surface area (Å²) in [5.41, 5.74) is 2.57. The number of nitrogens with one attached hydrogen (secondary N) is 2. The van der Waals surface area contributed by atoms with Crippen molar-refractivity contribution in [3.8, 4) is 0 Å². The predicted molar refractivity (Wildman–Crippen MR) is 69.8 cm³/mol. The zero-order valence-electron chi connectivity index (χ0n) is 10.4. The first-order chi connectivity index (χ1) is 9.13. The fraction of sp³-hybridized carbons (Fsp3) is 0.333. The molecule has 19 heavy (non-hydrogen) atoms. The summed E-state index contributed by atoms with van der Waals surface area (Å²) in [4.78, 5) is 27.8. The van der Waals surface area contributed by atoms with Crippen molar-refractivity contribution in [2.24, 2.45) is 0 Å². The number of hydrogen-bond acceptors (Lipinski definition) is 4. The van der Waals surface area contributed by atoms with E-state index < -0.39 is 5.91 Å². The predicted octanol–water partition coefficient (Wildman–Crippen LogP) is 0.764. The molecule has 0 radical (unpaired) electrons. The van der Waals surface area contributed by atoms with Crippen molar-refractivity contribution in [3.63, 3.8) is 0 Å². The molecule has 7 heteroatoms. The molecule has 1 aromatic carbocycles. The molecule has 1 aromatic rings. The Labute approximate surface area is 116 Å². The van der Waals surface area contributed by atoms with Gasteiger partial charge < -0.3 is 10.1 Å². The van der Waals surface area contributed by atoms with E-state index in [4.69, 9.17) is 21.2 Å². The van der Waals surface area contributed by atoms with E-state index in [1.807, 2.05) is 0 Å². The summed E-state index contributed by atoms with van der Waals surface area (Å²) >= 11 is 5.76. The molecule has 1 rings (SSSR count). The van der Waals surface area contributed by atoms with Crippen molar-refractivity contribution in [2.45, 2.75) is 0 Å². The van der Waals surface area contributed by atoms with Crippen molar-refractivity contribution in [2.75, 3.05) is 26.9 Å². The van der Waals surface area contributed by atoms with Crippen LogP contribution in [0.1, 0.15) is 10.4 Å². The minimum Gasteiger partial charge on any atom is -0.382 e. The summed E-state index contributed by atoms with van der Waals surface area (Å²) in [6, 6.07) is 6.44. The summed E-state index contributed by atoms with van der Waals surface area (Å²) < 4.78 is 4.73. The summed E-state index contributed by atoms with van der Waals surface area (Å²) in [6.45, 7) is 0.429. The fourth-order valence-corrected chi connectivity index (χ4v) is 1.38. The lowest BCUT2D eigenvalue weighted by Crippen LogP contribution is -2.37. The van der Waals surface area contributed by atoms with Crippen LogP contribution in [0.5, 0.6) is 0 Å². The van der Waals surface area contributed by atoms with E-state index >= 15 is 0 Å². The molecule has 0 saturated carbocycles. The highest BCUT2D eigenvalue weighted by molar-refractivity contribution is 6.30. The molecule has 0 saturated heterocycles. The van der Waals surface area contributed by atoms with Gasteiger partial charge >= 0.3 is 0 Å². The van der Waals surface area contributed by atoms with Crippen molar-refractivity contribution >= 4 is 23.4 Å². The molecule has 0 heterocycles. The van der Waals surface area contributed by atoms with E-state index in [0.29, 0.717) is 17.2 Å². The van der Waals surface area contributed by atoms with Crippen molar-refractivity contribution in [1.29, 1.82) is 0 Å². The van der Waals surface area contributed by atoms with Crippen LogP contribution in [-0.2, 0) is 14.4 Å². The normalized spacial score (nSPS) is 10.0. The molecule has 0 fully saturated rings. The van der Waals surface area contributed by atoms with Gasteiger partial charge in [0.05, 0.1) is 19.8 Å². The highest BCUT2D eigenvalue weighted by Gasteiger charge is 2.08. The molecule has 104 valence electrons. The molecule has 2 amide bonds. The van der Waals surface area contributed by atoms with Crippen LogP contribution >= 0.6 is 11.6 Å². The number of hydroxylamine groups is 1. The van der Waals surface area contributed by atoms with Crippen molar-refractivity contribution in [3.05, 3.63) is 34.9 Å². The van der Waals surface area contributed by atoms with Gasteiger partial charge in [-0.15, -0.1) is 0 Å². The Balaban J connectivity index is 2.28. The molecule has 6 nitrogen and oxygen atoms in total. The number of ether oxygens (including phenoxy) is 1. The topological polar surface area (TPSA) is 76.7 Å². The van der Waals surface area contributed by atoms with Crippen molar-refractivity contribution < 1.29 is 19.2 Å². The number of amides is 2. The molecular weight excluding hydrogens is 272 g/mol. The van der Waals surface area contributed by atoms with Gasteiger partial charge in [0.15, 0.2) is 0 Å². The molecule has 0 aliphatic rings. The van der Waals surface area contributed by atoms with E-state index in [1.165, 1.54) is 13.2 Å². The van der Waals surface area contributed by atoms with Gasteiger partial charge in [-0.1, -0.05) is 17.7 Å². The number of methoxy groups -OCH3 is 1. The lowest BCUT2D eigenvalue weighted by molar-refractivity contribution is -0.133. The van der Waals surface area contributed by atoms with E-state index in [2.05, 4.69) is 10.8 Å². The molecule has 0 aliphatic carbocycles. The Kier molecular flexibility index (Phi) is 6.88. The summed E-state index contributed by atoms with van der Waals surface area (Å²) in [5.74, 6) is -0.832.